The number of rotatable bonds is 2. The van der Waals surface area contributed by atoms with Crippen molar-refractivity contribution in [1.82, 2.24) is 15.5 Å². The summed E-state index contributed by atoms with van der Waals surface area (Å²) in [5.74, 6) is 0.0347. The average molecular weight is 225 g/mol. The Morgan fingerprint density at radius 3 is 3.00 bits per heavy atom. The summed E-state index contributed by atoms with van der Waals surface area (Å²) in [6.45, 7) is 2.05. The summed E-state index contributed by atoms with van der Waals surface area (Å²) in [5.41, 5.74) is -0.0954. The fraction of sp³-hybridized carbons (Fsp3) is 0.818. The second-order valence-electron chi connectivity index (χ2n) is 4.66. The van der Waals surface area contributed by atoms with Crippen LogP contribution in [-0.2, 0) is 9.59 Å². The highest BCUT2D eigenvalue weighted by molar-refractivity contribution is 5.86. The summed E-state index contributed by atoms with van der Waals surface area (Å²) >= 11 is 0. The summed E-state index contributed by atoms with van der Waals surface area (Å²) in [6.07, 6.45) is 3.56. The molecule has 2 saturated heterocycles. The van der Waals surface area contributed by atoms with Crippen molar-refractivity contribution in [3.63, 3.8) is 0 Å². The van der Waals surface area contributed by atoms with E-state index in [-0.39, 0.29) is 23.9 Å². The van der Waals surface area contributed by atoms with Gasteiger partial charge in [0.25, 0.3) is 0 Å². The van der Waals surface area contributed by atoms with Gasteiger partial charge in [-0.1, -0.05) is 0 Å². The van der Waals surface area contributed by atoms with E-state index in [4.69, 9.17) is 0 Å². The molecule has 0 aliphatic carbocycles. The molecule has 2 N–H and O–H groups in total. The van der Waals surface area contributed by atoms with E-state index in [2.05, 4.69) is 10.6 Å². The molecule has 0 aromatic heterocycles. The first kappa shape index (κ1) is 11.4. The molecule has 1 spiro atoms. The standard InChI is InChI=1S/C11H19N3O2/c1-12-9(15)7-14-10(16)3-5-11(14)4-2-6-13-8-11/h13H,2-8H2,1H3,(H,12,15). The number of carbonyl (C=O) groups excluding carboxylic acids is 2. The van der Waals surface area contributed by atoms with Crippen molar-refractivity contribution >= 4 is 11.8 Å². The van der Waals surface area contributed by atoms with Gasteiger partial charge >= 0.3 is 0 Å². The normalized spacial score (nSPS) is 29.8. The van der Waals surface area contributed by atoms with Crippen molar-refractivity contribution in [2.24, 2.45) is 0 Å². The zero-order valence-electron chi connectivity index (χ0n) is 9.71. The second kappa shape index (κ2) is 4.41. The van der Waals surface area contributed by atoms with Gasteiger partial charge in [0.05, 0.1) is 5.54 Å². The van der Waals surface area contributed by atoms with Gasteiger partial charge < -0.3 is 15.5 Å². The number of hydrogen-bond donors (Lipinski definition) is 2. The Bertz CT molecular complexity index is 298. The molecule has 1 atom stereocenters. The van der Waals surface area contributed by atoms with Crippen LogP contribution in [0.3, 0.4) is 0 Å². The van der Waals surface area contributed by atoms with E-state index in [9.17, 15) is 9.59 Å². The van der Waals surface area contributed by atoms with Crippen molar-refractivity contribution in [1.29, 1.82) is 0 Å². The number of amides is 2. The van der Waals surface area contributed by atoms with E-state index in [1.54, 1.807) is 11.9 Å². The number of piperidine rings is 1. The van der Waals surface area contributed by atoms with Gasteiger partial charge in [0.2, 0.25) is 11.8 Å². The highest BCUT2D eigenvalue weighted by Crippen LogP contribution is 2.35. The Morgan fingerprint density at radius 1 is 1.56 bits per heavy atom. The molecule has 2 heterocycles. The fourth-order valence-electron chi connectivity index (χ4n) is 2.75. The summed E-state index contributed by atoms with van der Waals surface area (Å²) in [7, 11) is 1.61. The minimum atomic E-state index is -0.0954. The van der Waals surface area contributed by atoms with Crippen LogP contribution in [0.5, 0.6) is 0 Å². The molecule has 0 aromatic carbocycles. The van der Waals surface area contributed by atoms with Gasteiger partial charge in [0.15, 0.2) is 0 Å². The molecule has 2 fully saturated rings. The maximum absolute atomic E-state index is 11.8. The highest BCUT2D eigenvalue weighted by Gasteiger charge is 2.46. The molecule has 5 nitrogen and oxygen atoms in total. The van der Waals surface area contributed by atoms with Gasteiger partial charge in [0, 0.05) is 20.0 Å². The van der Waals surface area contributed by atoms with Gasteiger partial charge in [-0.3, -0.25) is 9.59 Å². The third-order valence-electron chi connectivity index (χ3n) is 3.71. The Balaban J connectivity index is 2.11. The first-order valence-corrected chi connectivity index (χ1v) is 5.90. The van der Waals surface area contributed by atoms with Crippen LogP contribution in [0.2, 0.25) is 0 Å². The van der Waals surface area contributed by atoms with Gasteiger partial charge in [0.1, 0.15) is 6.54 Å². The maximum atomic E-state index is 11.8. The van der Waals surface area contributed by atoms with Gasteiger partial charge in [-0.05, 0) is 25.8 Å². The Kier molecular flexibility index (Phi) is 3.14. The largest absolute Gasteiger partial charge is 0.358 e. The third-order valence-corrected chi connectivity index (χ3v) is 3.71. The van der Waals surface area contributed by atoms with E-state index < -0.39 is 0 Å². The van der Waals surface area contributed by atoms with E-state index in [1.807, 2.05) is 0 Å². The molecule has 2 aliphatic heterocycles. The monoisotopic (exact) mass is 225 g/mol. The van der Waals surface area contributed by atoms with E-state index in [0.29, 0.717) is 6.42 Å². The number of hydrogen-bond acceptors (Lipinski definition) is 3. The number of likely N-dealkylation sites (N-methyl/N-ethyl adjacent to an activating group) is 1. The van der Waals surface area contributed by atoms with Crippen molar-refractivity contribution in [2.75, 3.05) is 26.7 Å². The molecule has 90 valence electrons. The smallest absolute Gasteiger partial charge is 0.239 e. The third kappa shape index (κ3) is 1.91. The van der Waals surface area contributed by atoms with Gasteiger partial charge in [-0.25, -0.2) is 0 Å². The molecule has 2 aliphatic rings. The van der Waals surface area contributed by atoms with Gasteiger partial charge in [-0.15, -0.1) is 0 Å². The van der Waals surface area contributed by atoms with Crippen molar-refractivity contribution in [3.8, 4) is 0 Å². The van der Waals surface area contributed by atoms with Crippen molar-refractivity contribution < 1.29 is 9.59 Å². The molecular formula is C11H19N3O2. The summed E-state index contributed by atoms with van der Waals surface area (Å²) < 4.78 is 0. The van der Waals surface area contributed by atoms with Crippen molar-refractivity contribution in [2.45, 2.75) is 31.2 Å². The second-order valence-corrected chi connectivity index (χ2v) is 4.66. The lowest BCUT2D eigenvalue weighted by molar-refractivity contribution is -0.137. The first-order valence-electron chi connectivity index (χ1n) is 5.90. The molecule has 5 heteroatoms. The first-order chi connectivity index (χ1) is 7.68. The molecule has 2 rings (SSSR count). The van der Waals surface area contributed by atoms with E-state index in [1.165, 1.54) is 0 Å². The fourth-order valence-corrected chi connectivity index (χ4v) is 2.75. The van der Waals surface area contributed by atoms with Crippen LogP contribution >= 0.6 is 0 Å². The minimum Gasteiger partial charge on any atom is -0.358 e. The average Bonchev–Trinajstić information content (AvgIpc) is 2.59. The van der Waals surface area contributed by atoms with Crippen LogP contribution in [0.4, 0.5) is 0 Å². The topological polar surface area (TPSA) is 61.4 Å². The van der Waals surface area contributed by atoms with Crippen LogP contribution < -0.4 is 10.6 Å². The molecule has 0 radical (unpaired) electrons. The predicted octanol–water partition coefficient (Wildman–Crippen LogP) is -0.523. The molecule has 1 unspecified atom stereocenters. The van der Waals surface area contributed by atoms with Crippen LogP contribution in [0.15, 0.2) is 0 Å². The molecule has 0 bridgehead atoms. The Labute approximate surface area is 95.6 Å². The number of nitrogens with one attached hydrogen (secondary N) is 2. The van der Waals surface area contributed by atoms with Crippen LogP contribution in [0, 0.1) is 0 Å². The SMILES string of the molecule is CNC(=O)CN1C(=O)CCC12CCCNC2. The lowest BCUT2D eigenvalue weighted by atomic mass is 9.87. The number of carbonyl (C=O) groups is 2. The number of nitrogens with zero attached hydrogens (tertiary/aromatic N) is 1. The van der Waals surface area contributed by atoms with E-state index >= 15 is 0 Å². The zero-order chi connectivity index (χ0) is 11.6. The summed E-state index contributed by atoms with van der Waals surface area (Å²) in [6, 6.07) is 0. The van der Waals surface area contributed by atoms with Crippen LogP contribution in [-0.4, -0.2) is 48.9 Å². The highest BCUT2D eigenvalue weighted by atomic mass is 16.2. The lowest BCUT2D eigenvalue weighted by Crippen LogP contribution is -2.57. The quantitative estimate of drug-likeness (QED) is 0.664. The molecule has 2 amide bonds. The summed E-state index contributed by atoms with van der Waals surface area (Å²) in [5, 5.41) is 5.91. The number of likely N-dealkylation sites (tertiary alicyclic amines) is 1. The maximum Gasteiger partial charge on any atom is 0.239 e. The van der Waals surface area contributed by atoms with Gasteiger partial charge in [-0.2, -0.15) is 0 Å². The predicted molar refractivity (Wildman–Crippen MR) is 59.8 cm³/mol. The Hall–Kier alpha value is -1.10. The van der Waals surface area contributed by atoms with Crippen molar-refractivity contribution in [3.05, 3.63) is 0 Å². The molecule has 0 saturated carbocycles. The van der Waals surface area contributed by atoms with E-state index in [0.717, 1.165) is 32.4 Å². The molecule has 16 heavy (non-hydrogen) atoms. The van der Waals surface area contributed by atoms with Crippen LogP contribution in [0.25, 0.3) is 0 Å². The lowest BCUT2D eigenvalue weighted by Gasteiger charge is -2.41. The van der Waals surface area contributed by atoms with Crippen LogP contribution in [0.1, 0.15) is 25.7 Å². The Morgan fingerprint density at radius 2 is 2.38 bits per heavy atom. The summed E-state index contributed by atoms with van der Waals surface area (Å²) in [4.78, 5) is 25.0. The molecular weight excluding hydrogens is 206 g/mol. The molecule has 0 aromatic rings. The zero-order valence-corrected chi connectivity index (χ0v) is 9.71. The minimum absolute atomic E-state index is 0.0831.